The van der Waals surface area contributed by atoms with Crippen molar-refractivity contribution in [1.29, 1.82) is 0 Å². The Morgan fingerprint density at radius 2 is 2.15 bits per heavy atom. The van der Waals surface area contributed by atoms with Crippen molar-refractivity contribution < 1.29 is 4.42 Å². The number of pyridine rings is 1. The summed E-state index contributed by atoms with van der Waals surface area (Å²) < 4.78 is 5.35. The van der Waals surface area contributed by atoms with Gasteiger partial charge in [-0.05, 0) is 49.3 Å². The van der Waals surface area contributed by atoms with Crippen molar-refractivity contribution in [1.82, 2.24) is 15.2 Å². The Hall–Kier alpha value is -1.65. The molecular weight excluding hydrogens is 322 g/mol. The van der Waals surface area contributed by atoms with E-state index in [0.29, 0.717) is 18.0 Å². The predicted molar refractivity (Wildman–Crippen MR) is 106 cm³/mol. The molecule has 3 rings (SSSR count). The molecule has 0 saturated carbocycles. The predicted octanol–water partition coefficient (Wildman–Crippen LogP) is 4.65. The fraction of sp³-hybridized carbons (Fsp3) is 0.591. The highest BCUT2D eigenvalue weighted by Crippen LogP contribution is 2.26. The molecular formula is C22H33N3O. The fourth-order valence-electron chi connectivity index (χ4n) is 3.92. The van der Waals surface area contributed by atoms with Crippen LogP contribution in [0.5, 0.6) is 0 Å². The largest absolute Gasteiger partial charge is 0.472 e. The van der Waals surface area contributed by atoms with Crippen molar-refractivity contribution in [2.45, 2.75) is 58.7 Å². The fourth-order valence-corrected chi connectivity index (χ4v) is 3.92. The summed E-state index contributed by atoms with van der Waals surface area (Å²) in [5.41, 5.74) is 2.45. The monoisotopic (exact) mass is 355 g/mol. The Kier molecular flexibility index (Phi) is 6.86. The zero-order valence-electron chi connectivity index (χ0n) is 16.4. The van der Waals surface area contributed by atoms with Gasteiger partial charge in [-0.25, -0.2) is 0 Å². The number of furan rings is 1. The average Bonchev–Trinajstić information content (AvgIpc) is 3.15. The highest BCUT2D eigenvalue weighted by Gasteiger charge is 2.28. The minimum Gasteiger partial charge on any atom is -0.472 e. The van der Waals surface area contributed by atoms with E-state index in [1.807, 2.05) is 18.5 Å². The van der Waals surface area contributed by atoms with Gasteiger partial charge in [0, 0.05) is 43.5 Å². The lowest BCUT2D eigenvalue weighted by molar-refractivity contribution is 0.131. The molecule has 0 spiro atoms. The lowest BCUT2D eigenvalue weighted by Crippen LogP contribution is -2.49. The molecule has 2 aromatic rings. The summed E-state index contributed by atoms with van der Waals surface area (Å²) in [5, 5.41) is 3.95. The molecule has 0 bridgehead atoms. The standard InChI is InChI=1S/C22H33N3O/c1-17(2)7-8-22(19-10-13-26-16-19)24-21-9-12-25(14-18(21)3)15-20-6-4-5-11-23-20/h4-6,10-11,13,16-18,21-22,24H,7-9,12,14-15H2,1-3H3. The normalized spacial score (nSPS) is 22.6. The van der Waals surface area contributed by atoms with E-state index in [2.05, 4.69) is 54.2 Å². The summed E-state index contributed by atoms with van der Waals surface area (Å²) in [6, 6.07) is 9.24. The number of aromatic nitrogens is 1. The molecule has 0 aliphatic carbocycles. The van der Waals surface area contributed by atoms with Gasteiger partial charge in [-0.1, -0.05) is 26.8 Å². The maximum Gasteiger partial charge on any atom is 0.0950 e. The Balaban J connectivity index is 1.55. The summed E-state index contributed by atoms with van der Waals surface area (Å²) in [6.07, 6.45) is 9.16. The highest BCUT2D eigenvalue weighted by molar-refractivity contribution is 5.12. The first-order valence-electron chi connectivity index (χ1n) is 10.0. The van der Waals surface area contributed by atoms with E-state index in [9.17, 15) is 0 Å². The summed E-state index contributed by atoms with van der Waals surface area (Å²) in [4.78, 5) is 7.01. The molecule has 142 valence electrons. The van der Waals surface area contributed by atoms with Crippen molar-refractivity contribution in [3.8, 4) is 0 Å². The first-order valence-corrected chi connectivity index (χ1v) is 10.0. The number of nitrogens with zero attached hydrogens (tertiary/aromatic N) is 2. The highest BCUT2D eigenvalue weighted by atomic mass is 16.3. The third-order valence-corrected chi connectivity index (χ3v) is 5.49. The molecule has 1 N–H and O–H groups in total. The molecule has 2 aromatic heterocycles. The Bertz CT molecular complexity index is 626. The summed E-state index contributed by atoms with van der Waals surface area (Å²) in [7, 11) is 0. The van der Waals surface area contributed by atoms with Crippen LogP contribution in [0.4, 0.5) is 0 Å². The molecule has 0 amide bonds. The quantitative estimate of drug-likeness (QED) is 0.748. The molecule has 0 aromatic carbocycles. The SMILES string of the molecule is CC(C)CCC(NC1CCN(Cc2ccccn2)CC1C)c1ccoc1. The van der Waals surface area contributed by atoms with Crippen LogP contribution in [0.1, 0.15) is 57.3 Å². The van der Waals surface area contributed by atoms with E-state index in [0.717, 1.165) is 32.0 Å². The Morgan fingerprint density at radius 3 is 2.81 bits per heavy atom. The van der Waals surface area contributed by atoms with E-state index in [1.165, 1.54) is 24.1 Å². The molecule has 1 aliphatic heterocycles. The molecule has 1 saturated heterocycles. The second-order valence-electron chi connectivity index (χ2n) is 8.18. The molecule has 4 nitrogen and oxygen atoms in total. The van der Waals surface area contributed by atoms with Gasteiger partial charge < -0.3 is 9.73 Å². The zero-order chi connectivity index (χ0) is 18.4. The second kappa shape index (κ2) is 9.33. The van der Waals surface area contributed by atoms with Gasteiger partial charge in [0.25, 0.3) is 0 Å². The minimum absolute atomic E-state index is 0.394. The van der Waals surface area contributed by atoms with Crippen molar-refractivity contribution in [2.24, 2.45) is 11.8 Å². The zero-order valence-corrected chi connectivity index (χ0v) is 16.4. The molecule has 26 heavy (non-hydrogen) atoms. The molecule has 3 unspecified atom stereocenters. The first-order chi connectivity index (χ1) is 12.6. The Labute approximate surface area is 158 Å². The number of hydrogen-bond donors (Lipinski definition) is 1. The van der Waals surface area contributed by atoms with Gasteiger partial charge in [0.2, 0.25) is 0 Å². The third-order valence-electron chi connectivity index (χ3n) is 5.49. The summed E-state index contributed by atoms with van der Waals surface area (Å²) in [5.74, 6) is 1.35. The van der Waals surface area contributed by atoms with Crippen molar-refractivity contribution in [3.63, 3.8) is 0 Å². The van der Waals surface area contributed by atoms with E-state index >= 15 is 0 Å². The van der Waals surface area contributed by atoms with Gasteiger partial charge in [-0.15, -0.1) is 0 Å². The number of piperidine rings is 1. The van der Waals surface area contributed by atoms with E-state index in [4.69, 9.17) is 4.42 Å². The van der Waals surface area contributed by atoms with Gasteiger partial charge in [0.05, 0.1) is 18.2 Å². The minimum atomic E-state index is 0.394. The van der Waals surface area contributed by atoms with E-state index in [-0.39, 0.29) is 0 Å². The van der Waals surface area contributed by atoms with Crippen LogP contribution in [0.15, 0.2) is 47.4 Å². The molecule has 3 atom stereocenters. The summed E-state index contributed by atoms with van der Waals surface area (Å²) in [6.45, 7) is 10.2. The topological polar surface area (TPSA) is 41.3 Å². The first kappa shape index (κ1) is 19.1. The van der Waals surface area contributed by atoms with Crippen LogP contribution in [0.2, 0.25) is 0 Å². The van der Waals surface area contributed by atoms with Crippen LogP contribution in [0.25, 0.3) is 0 Å². The van der Waals surface area contributed by atoms with Crippen molar-refractivity contribution >= 4 is 0 Å². The maximum atomic E-state index is 5.35. The van der Waals surface area contributed by atoms with E-state index < -0.39 is 0 Å². The molecule has 4 heteroatoms. The van der Waals surface area contributed by atoms with Crippen molar-refractivity contribution in [2.75, 3.05) is 13.1 Å². The smallest absolute Gasteiger partial charge is 0.0950 e. The molecule has 0 radical (unpaired) electrons. The third kappa shape index (κ3) is 5.42. The maximum absolute atomic E-state index is 5.35. The lowest BCUT2D eigenvalue weighted by Gasteiger charge is -2.39. The number of rotatable bonds is 8. The number of likely N-dealkylation sites (tertiary alicyclic amines) is 1. The number of nitrogens with one attached hydrogen (secondary N) is 1. The van der Waals surface area contributed by atoms with Crippen LogP contribution in [-0.4, -0.2) is 29.0 Å². The van der Waals surface area contributed by atoms with Crippen LogP contribution >= 0.6 is 0 Å². The second-order valence-corrected chi connectivity index (χ2v) is 8.18. The van der Waals surface area contributed by atoms with Gasteiger partial charge in [0.1, 0.15) is 0 Å². The Morgan fingerprint density at radius 1 is 1.27 bits per heavy atom. The molecule has 1 aliphatic rings. The van der Waals surface area contributed by atoms with Gasteiger partial charge in [-0.3, -0.25) is 9.88 Å². The van der Waals surface area contributed by atoms with Crippen molar-refractivity contribution in [3.05, 3.63) is 54.2 Å². The van der Waals surface area contributed by atoms with Crippen LogP contribution in [0, 0.1) is 11.8 Å². The van der Waals surface area contributed by atoms with Gasteiger partial charge >= 0.3 is 0 Å². The lowest BCUT2D eigenvalue weighted by atomic mass is 9.91. The van der Waals surface area contributed by atoms with Gasteiger partial charge in [0.15, 0.2) is 0 Å². The molecule has 1 fully saturated rings. The van der Waals surface area contributed by atoms with Crippen LogP contribution < -0.4 is 5.32 Å². The van der Waals surface area contributed by atoms with E-state index in [1.54, 1.807) is 6.26 Å². The average molecular weight is 356 g/mol. The van der Waals surface area contributed by atoms with Crippen LogP contribution in [-0.2, 0) is 6.54 Å². The van der Waals surface area contributed by atoms with Gasteiger partial charge in [-0.2, -0.15) is 0 Å². The number of hydrogen-bond acceptors (Lipinski definition) is 4. The molecule has 3 heterocycles. The van der Waals surface area contributed by atoms with Crippen LogP contribution in [0.3, 0.4) is 0 Å². The summed E-state index contributed by atoms with van der Waals surface area (Å²) >= 11 is 0.